The SMILES string of the molecule is CCO[C@H]1O[C@H](CO)[C@@H](CO[C@H]2O[C@H](CO)[C@@H](CO[C@H]3O[C@H](CO)[C@@H](CO[C@H]4O[C@H](CO)[C@@H](CO[C@H]5O[C@H](CO)[C@@H](CO[C@H]6O[C@H](CO)[C@@H](CO[C@H]7O[C@H](CO)[C@@H](CC)C(O)C7O)C(O)C6O)C(O)C5O)C(O)C4O)C(O)C3O)C(O)C2O)C(O)C1O. The van der Waals surface area contributed by atoms with Gasteiger partial charge in [0.1, 0.15) is 42.7 Å². The number of aliphatic hydroxyl groups is 21. The van der Waals surface area contributed by atoms with E-state index in [1.165, 1.54) is 0 Å². The van der Waals surface area contributed by atoms with Gasteiger partial charge in [-0.05, 0) is 13.3 Å². The molecule has 0 aromatic heterocycles. The van der Waals surface area contributed by atoms with Crippen LogP contribution in [0, 0.1) is 41.4 Å². The summed E-state index contributed by atoms with van der Waals surface area (Å²) in [7, 11) is 0. The lowest BCUT2D eigenvalue weighted by Crippen LogP contribution is -2.62. The molecule has 0 saturated carbocycles. The third-order valence-corrected chi connectivity index (χ3v) is 17.8. The zero-order chi connectivity index (χ0) is 63.7. The number of hydrogen-bond donors (Lipinski definition) is 21. The molecule has 7 rings (SSSR count). The molecule has 7 aliphatic heterocycles. The monoisotopic (exact) mass is 1280 g/mol. The molecular weight excluding hydrogens is 1180 g/mol. The molecule has 0 spiro atoms. The van der Waals surface area contributed by atoms with Crippen molar-refractivity contribution >= 4 is 0 Å². The molecule has 35 nitrogen and oxygen atoms in total. The van der Waals surface area contributed by atoms with E-state index in [-0.39, 0.29) is 6.61 Å². The van der Waals surface area contributed by atoms with Crippen LogP contribution in [0.1, 0.15) is 20.3 Å². The van der Waals surface area contributed by atoms with Gasteiger partial charge in [-0.25, -0.2) is 0 Å². The van der Waals surface area contributed by atoms with Gasteiger partial charge in [0.25, 0.3) is 0 Å². The zero-order valence-electron chi connectivity index (χ0n) is 47.9. The second-order valence-electron chi connectivity index (χ2n) is 23.0. The first-order chi connectivity index (χ1) is 41.6. The number of rotatable bonds is 28. The second-order valence-corrected chi connectivity index (χ2v) is 23.0. The van der Waals surface area contributed by atoms with Crippen LogP contribution in [-0.4, -0.2) is 372 Å². The van der Waals surface area contributed by atoms with E-state index < -0.39 is 300 Å². The Kier molecular flexibility index (Phi) is 28.2. The Balaban J connectivity index is 0.862. The van der Waals surface area contributed by atoms with Crippen LogP contribution < -0.4 is 0 Å². The summed E-state index contributed by atoms with van der Waals surface area (Å²) >= 11 is 0. The van der Waals surface area contributed by atoms with E-state index >= 15 is 0 Å². The largest absolute Gasteiger partial charge is 0.394 e. The van der Waals surface area contributed by atoms with Gasteiger partial charge >= 0.3 is 0 Å². The van der Waals surface area contributed by atoms with Crippen LogP contribution in [0.25, 0.3) is 0 Å². The second kappa shape index (κ2) is 33.6. The summed E-state index contributed by atoms with van der Waals surface area (Å²) < 4.78 is 79.4. The summed E-state index contributed by atoms with van der Waals surface area (Å²) in [4.78, 5) is 0. The third kappa shape index (κ3) is 16.4. The first kappa shape index (κ1) is 73.0. The van der Waals surface area contributed by atoms with Crippen molar-refractivity contribution in [2.24, 2.45) is 41.4 Å². The summed E-state index contributed by atoms with van der Waals surface area (Å²) in [6.07, 6.45) is -43.5. The van der Waals surface area contributed by atoms with E-state index in [0.717, 1.165) is 0 Å². The topological polar surface area (TPSA) is 554 Å². The van der Waals surface area contributed by atoms with E-state index in [0.29, 0.717) is 6.42 Å². The Morgan fingerprint density at radius 3 is 0.517 bits per heavy atom. The Labute approximate surface area is 499 Å². The van der Waals surface area contributed by atoms with Crippen molar-refractivity contribution < 1.29 is 174 Å². The Morgan fingerprint density at radius 2 is 0.368 bits per heavy atom. The molecule has 7 fully saturated rings. The van der Waals surface area contributed by atoms with Crippen molar-refractivity contribution in [1.82, 2.24) is 0 Å². The van der Waals surface area contributed by atoms with Crippen molar-refractivity contribution in [2.45, 2.75) is 192 Å². The first-order valence-electron chi connectivity index (χ1n) is 29.3. The lowest BCUT2D eigenvalue weighted by atomic mass is 9.87. The fourth-order valence-corrected chi connectivity index (χ4v) is 12.3. The summed E-state index contributed by atoms with van der Waals surface area (Å²) in [5.74, 6) is -7.90. The normalized spacial score (nSPS) is 49.2. The molecule has 87 heavy (non-hydrogen) atoms. The smallest absolute Gasteiger partial charge is 0.186 e. The molecule has 0 bridgehead atoms. The van der Waals surface area contributed by atoms with E-state index in [2.05, 4.69) is 0 Å². The minimum absolute atomic E-state index is 0.131. The molecule has 0 aromatic rings. The fourth-order valence-electron chi connectivity index (χ4n) is 12.3. The molecule has 35 atom stereocenters. The van der Waals surface area contributed by atoms with Crippen LogP contribution in [-0.2, 0) is 66.3 Å². The van der Waals surface area contributed by atoms with Gasteiger partial charge in [-0.3, -0.25) is 0 Å². The van der Waals surface area contributed by atoms with E-state index in [1.54, 1.807) is 13.8 Å². The van der Waals surface area contributed by atoms with Gasteiger partial charge in [0, 0.05) is 48.0 Å². The number of aliphatic hydroxyl groups excluding tert-OH is 21. The number of ether oxygens (including phenoxy) is 14. The van der Waals surface area contributed by atoms with Crippen molar-refractivity contribution in [3.8, 4) is 0 Å². The van der Waals surface area contributed by atoms with Gasteiger partial charge in [0.05, 0.1) is 171 Å². The van der Waals surface area contributed by atoms with Crippen molar-refractivity contribution in [3.05, 3.63) is 0 Å². The molecule has 510 valence electrons. The van der Waals surface area contributed by atoms with Gasteiger partial charge in [0.15, 0.2) is 44.0 Å². The highest BCUT2D eigenvalue weighted by atomic mass is 16.7. The number of hydrogen-bond acceptors (Lipinski definition) is 35. The van der Waals surface area contributed by atoms with Crippen LogP contribution in [0.3, 0.4) is 0 Å². The Hall–Kier alpha value is -1.40. The molecular formula is C52H92O35. The lowest BCUT2D eigenvalue weighted by molar-refractivity contribution is -0.339. The molecule has 21 N–H and O–H groups in total. The molecule has 0 aliphatic carbocycles. The standard InChI is InChI=1S/C52H92O35/c1-3-18-25(5-53)81-47(39(67)32(18)60)75-13-20-27(7-55)83-49(41(69)34(20)62)77-15-22-29(9-57)85-51(43(71)36(22)64)79-17-24-31(11-59)87-52(45(73)38(24)66)80-16-23-30(10-58)86-50(44(72)37(23)65)78-14-21-28(8-56)84-48(42(70)35(21)63)76-12-19-26(6-54)82-46(74-4-2)40(68)33(19)61/h18-73H,3-17H2,1-2H3/t18-,19-,20-,21-,22-,23-,24-,25-,26-,27-,28-,29-,30-,31-,32?,33?,34?,35?,36?,37?,38?,39?,40?,41?,42?,43?,44?,45?,46+,47+,48+,49+,50+,51+,52+/m1/s1. The predicted molar refractivity (Wildman–Crippen MR) is 276 cm³/mol. The summed E-state index contributed by atoms with van der Waals surface area (Å²) in [6.45, 7) is -4.95. The Bertz CT molecular complexity index is 1960. The molecule has 0 radical (unpaired) electrons. The maximum atomic E-state index is 11.3. The quantitative estimate of drug-likeness (QED) is 0.0346. The van der Waals surface area contributed by atoms with Gasteiger partial charge in [0.2, 0.25) is 0 Å². The molecule has 0 amide bonds. The highest BCUT2D eigenvalue weighted by Gasteiger charge is 2.54. The van der Waals surface area contributed by atoms with E-state index in [4.69, 9.17) is 66.3 Å². The summed E-state index contributed by atoms with van der Waals surface area (Å²) in [6, 6.07) is 0. The van der Waals surface area contributed by atoms with Crippen LogP contribution in [0.4, 0.5) is 0 Å². The maximum absolute atomic E-state index is 11.3. The molecule has 14 unspecified atom stereocenters. The fraction of sp³-hybridized carbons (Fsp3) is 1.00. The van der Waals surface area contributed by atoms with Gasteiger partial charge in [-0.2, -0.15) is 0 Å². The average molecular weight is 1280 g/mol. The maximum Gasteiger partial charge on any atom is 0.186 e. The molecule has 35 heteroatoms. The van der Waals surface area contributed by atoms with Crippen LogP contribution >= 0.6 is 0 Å². The van der Waals surface area contributed by atoms with E-state index in [1.807, 2.05) is 0 Å². The molecule has 7 heterocycles. The van der Waals surface area contributed by atoms with Gasteiger partial charge < -0.3 is 174 Å². The predicted octanol–water partition coefficient (Wildman–Crippen LogP) is -12.1. The highest BCUT2D eigenvalue weighted by molar-refractivity contribution is 4.97. The third-order valence-electron chi connectivity index (χ3n) is 17.8. The summed E-state index contributed by atoms with van der Waals surface area (Å²) in [5.41, 5.74) is 0. The lowest BCUT2D eigenvalue weighted by Gasteiger charge is -2.46. The van der Waals surface area contributed by atoms with E-state index in [9.17, 15) is 107 Å². The average Bonchev–Trinajstić information content (AvgIpc) is 2.46. The van der Waals surface area contributed by atoms with Crippen LogP contribution in [0.2, 0.25) is 0 Å². The van der Waals surface area contributed by atoms with Crippen LogP contribution in [0.15, 0.2) is 0 Å². The Morgan fingerprint density at radius 1 is 0.218 bits per heavy atom. The van der Waals surface area contributed by atoms with Crippen molar-refractivity contribution in [1.29, 1.82) is 0 Å². The van der Waals surface area contributed by atoms with Crippen molar-refractivity contribution in [3.63, 3.8) is 0 Å². The highest BCUT2D eigenvalue weighted by Crippen LogP contribution is 2.38. The zero-order valence-corrected chi connectivity index (χ0v) is 47.9. The molecule has 0 aromatic carbocycles. The minimum atomic E-state index is -1.91. The molecule has 7 aliphatic rings. The molecule has 7 saturated heterocycles. The van der Waals surface area contributed by atoms with Gasteiger partial charge in [-0.15, -0.1) is 0 Å². The van der Waals surface area contributed by atoms with Crippen LogP contribution in [0.5, 0.6) is 0 Å². The van der Waals surface area contributed by atoms with Gasteiger partial charge in [-0.1, -0.05) is 6.92 Å². The minimum Gasteiger partial charge on any atom is -0.394 e. The first-order valence-corrected chi connectivity index (χ1v) is 29.3. The summed E-state index contributed by atoms with van der Waals surface area (Å²) in [5, 5.41) is 225. The van der Waals surface area contributed by atoms with Crippen molar-refractivity contribution in [2.75, 3.05) is 92.5 Å².